The van der Waals surface area contributed by atoms with Gasteiger partial charge < -0.3 is 4.74 Å². The second-order valence-electron chi connectivity index (χ2n) is 8.96. The van der Waals surface area contributed by atoms with Gasteiger partial charge in [0.15, 0.2) is 0 Å². The number of carbonyl (C=O) groups is 2. The second kappa shape index (κ2) is 13.0. The molecule has 0 aliphatic carbocycles. The third kappa shape index (κ3) is 7.23. The number of esters is 2. The molecule has 0 saturated heterocycles. The molecule has 0 heterocycles. The first-order valence-electron chi connectivity index (χ1n) is 11.7. The highest BCUT2D eigenvalue weighted by molar-refractivity contribution is 6.92. The SMILES string of the molecule is Cc1cc(C)c(C(=O)OC(=O)c2c(C)cc(C)cc2C)c(C)c1.P.c1ccc(-c2ccccc2)cc1. The van der Waals surface area contributed by atoms with Gasteiger partial charge in [-0.05, 0) is 74.9 Å². The fourth-order valence-electron chi connectivity index (χ4n) is 4.45. The molecule has 0 saturated carbocycles. The van der Waals surface area contributed by atoms with E-state index in [0.29, 0.717) is 11.1 Å². The van der Waals surface area contributed by atoms with E-state index in [2.05, 4.69) is 48.5 Å². The second-order valence-corrected chi connectivity index (χ2v) is 8.96. The number of carbonyl (C=O) groups excluding carboxylic acids is 2. The number of ether oxygens (including phenoxy) is 1. The molecule has 0 N–H and O–H groups in total. The average Bonchev–Trinajstić information content (AvgIpc) is 2.79. The zero-order valence-corrected chi connectivity index (χ0v) is 23.4. The van der Waals surface area contributed by atoms with Gasteiger partial charge in [-0.1, -0.05) is 96.1 Å². The Labute approximate surface area is 218 Å². The number of hydrogen-bond acceptors (Lipinski definition) is 3. The summed E-state index contributed by atoms with van der Waals surface area (Å²) in [5.41, 5.74) is 8.90. The molecule has 0 spiro atoms. The summed E-state index contributed by atoms with van der Waals surface area (Å²) >= 11 is 0. The Balaban J connectivity index is 0.000000294. The minimum Gasteiger partial charge on any atom is -0.386 e. The minimum absolute atomic E-state index is 0. The van der Waals surface area contributed by atoms with Crippen molar-refractivity contribution in [2.75, 3.05) is 0 Å². The van der Waals surface area contributed by atoms with E-state index >= 15 is 0 Å². The largest absolute Gasteiger partial charge is 0.386 e. The topological polar surface area (TPSA) is 43.4 Å². The molecule has 4 aromatic carbocycles. The standard InChI is InChI=1S/C20H22O3.C12H10.H3P/c1-11-7-13(3)17(14(4)8-11)19(21)23-20(22)18-15(5)9-12(2)10-16(18)6;1-3-7-11(8-4-1)12-9-5-2-6-10-12;/h7-10H,1-6H3;1-10H;1H3. The molecule has 1 unspecified atom stereocenters. The summed E-state index contributed by atoms with van der Waals surface area (Å²) in [4.78, 5) is 24.9. The fraction of sp³-hybridized carbons (Fsp3) is 0.188. The Hall–Kier alpha value is -3.55. The van der Waals surface area contributed by atoms with Crippen LogP contribution in [-0.4, -0.2) is 11.9 Å². The van der Waals surface area contributed by atoms with E-state index in [9.17, 15) is 9.59 Å². The number of rotatable bonds is 3. The smallest absolute Gasteiger partial charge is 0.346 e. The zero-order chi connectivity index (χ0) is 25.5. The van der Waals surface area contributed by atoms with Crippen LogP contribution in [0.2, 0.25) is 0 Å². The molecule has 0 aliphatic heterocycles. The van der Waals surface area contributed by atoms with Gasteiger partial charge in [0.1, 0.15) is 0 Å². The summed E-state index contributed by atoms with van der Waals surface area (Å²) in [6, 6.07) is 28.4. The van der Waals surface area contributed by atoms with Crippen LogP contribution < -0.4 is 0 Å². The van der Waals surface area contributed by atoms with Gasteiger partial charge in [0.05, 0.1) is 11.1 Å². The maximum absolute atomic E-state index is 12.4. The van der Waals surface area contributed by atoms with Crippen molar-refractivity contribution in [3.63, 3.8) is 0 Å². The van der Waals surface area contributed by atoms with Gasteiger partial charge in [-0.25, -0.2) is 9.59 Å². The Bertz CT molecular complexity index is 1190. The summed E-state index contributed by atoms with van der Waals surface area (Å²) in [6.45, 7) is 11.3. The molecule has 4 aromatic rings. The molecule has 0 aromatic heterocycles. The number of aryl methyl sites for hydroxylation is 6. The third-order valence-electron chi connectivity index (χ3n) is 5.83. The summed E-state index contributed by atoms with van der Waals surface area (Å²) < 4.78 is 5.15. The average molecular weight is 499 g/mol. The van der Waals surface area contributed by atoms with Gasteiger partial charge >= 0.3 is 11.9 Å². The van der Waals surface area contributed by atoms with E-state index in [-0.39, 0.29) is 9.90 Å². The molecule has 4 rings (SSSR count). The number of hydrogen-bond donors (Lipinski definition) is 0. The van der Waals surface area contributed by atoms with Crippen LogP contribution in [0.4, 0.5) is 0 Å². The molecule has 0 fully saturated rings. The molecular weight excluding hydrogens is 463 g/mol. The molecule has 186 valence electrons. The lowest BCUT2D eigenvalue weighted by atomic mass is 9.99. The molecule has 4 heteroatoms. The predicted molar refractivity (Wildman–Crippen MR) is 154 cm³/mol. The van der Waals surface area contributed by atoms with Gasteiger partial charge in [0.25, 0.3) is 0 Å². The van der Waals surface area contributed by atoms with Crippen LogP contribution in [0.25, 0.3) is 11.1 Å². The van der Waals surface area contributed by atoms with Gasteiger partial charge in [-0.15, -0.1) is 0 Å². The fourth-order valence-corrected chi connectivity index (χ4v) is 4.45. The molecule has 36 heavy (non-hydrogen) atoms. The highest BCUT2D eigenvalue weighted by atomic mass is 31.0. The van der Waals surface area contributed by atoms with E-state index in [0.717, 1.165) is 33.4 Å². The molecule has 0 bridgehead atoms. The normalized spacial score (nSPS) is 9.94. The molecule has 3 nitrogen and oxygen atoms in total. The van der Waals surface area contributed by atoms with E-state index in [1.807, 2.05) is 77.9 Å². The van der Waals surface area contributed by atoms with Crippen LogP contribution in [0.3, 0.4) is 0 Å². The van der Waals surface area contributed by atoms with Crippen molar-refractivity contribution in [1.82, 2.24) is 0 Å². The van der Waals surface area contributed by atoms with Crippen molar-refractivity contribution in [2.24, 2.45) is 0 Å². The summed E-state index contributed by atoms with van der Waals surface area (Å²) in [6.07, 6.45) is 0. The Morgan fingerprint density at radius 3 is 1.06 bits per heavy atom. The lowest BCUT2D eigenvalue weighted by molar-refractivity contribution is 0.0396. The van der Waals surface area contributed by atoms with Crippen LogP contribution in [0, 0.1) is 41.5 Å². The van der Waals surface area contributed by atoms with Gasteiger partial charge in [-0.2, -0.15) is 9.90 Å². The predicted octanol–water partition coefficient (Wildman–Crippen LogP) is 7.95. The lowest BCUT2D eigenvalue weighted by Gasteiger charge is -2.12. The molecule has 0 aliphatic rings. The van der Waals surface area contributed by atoms with Crippen LogP contribution in [0.5, 0.6) is 0 Å². The Morgan fingerprint density at radius 2 is 0.778 bits per heavy atom. The quantitative estimate of drug-likeness (QED) is 0.164. The summed E-state index contributed by atoms with van der Waals surface area (Å²) in [7, 11) is 0. The van der Waals surface area contributed by atoms with Crippen molar-refractivity contribution in [3.8, 4) is 11.1 Å². The van der Waals surface area contributed by atoms with E-state index in [1.54, 1.807) is 0 Å². The molecule has 0 radical (unpaired) electrons. The van der Waals surface area contributed by atoms with Crippen molar-refractivity contribution in [1.29, 1.82) is 0 Å². The Morgan fingerprint density at radius 1 is 0.500 bits per heavy atom. The highest BCUT2D eigenvalue weighted by Crippen LogP contribution is 2.21. The first kappa shape index (κ1) is 28.7. The Kier molecular flexibility index (Phi) is 10.3. The highest BCUT2D eigenvalue weighted by Gasteiger charge is 2.21. The van der Waals surface area contributed by atoms with E-state index in [1.165, 1.54) is 11.1 Å². The maximum atomic E-state index is 12.4. The first-order chi connectivity index (χ1) is 16.7. The molecular formula is C32H35O3P. The number of benzene rings is 4. The van der Waals surface area contributed by atoms with Crippen LogP contribution in [-0.2, 0) is 4.74 Å². The van der Waals surface area contributed by atoms with Crippen LogP contribution in [0.1, 0.15) is 54.1 Å². The van der Waals surface area contributed by atoms with Crippen molar-refractivity contribution in [2.45, 2.75) is 41.5 Å². The van der Waals surface area contributed by atoms with Gasteiger partial charge in [0, 0.05) is 0 Å². The summed E-state index contributed by atoms with van der Waals surface area (Å²) in [5.74, 6) is -1.19. The third-order valence-corrected chi connectivity index (χ3v) is 5.83. The van der Waals surface area contributed by atoms with E-state index in [4.69, 9.17) is 4.74 Å². The van der Waals surface area contributed by atoms with Crippen molar-refractivity contribution in [3.05, 3.63) is 129 Å². The van der Waals surface area contributed by atoms with Gasteiger partial charge in [0.2, 0.25) is 0 Å². The summed E-state index contributed by atoms with van der Waals surface area (Å²) in [5, 5.41) is 0. The first-order valence-corrected chi connectivity index (χ1v) is 11.7. The van der Waals surface area contributed by atoms with Crippen LogP contribution in [0.15, 0.2) is 84.9 Å². The lowest BCUT2D eigenvalue weighted by Crippen LogP contribution is -2.17. The van der Waals surface area contributed by atoms with Crippen molar-refractivity contribution >= 4 is 21.8 Å². The zero-order valence-electron chi connectivity index (χ0n) is 22.0. The van der Waals surface area contributed by atoms with Gasteiger partial charge in [-0.3, -0.25) is 0 Å². The minimum atomic E-state index is -0.593. The maximum Gasteiger partial charge on any atom is 0.346 e. The monoisotopic (exact) mass is 498 g/mol. The molecule has 1 atom stereocenters. The van der Waals surface area contributed by atoms with E-state index < -0.39 is 11.9 Å². The molecule has 0 amide bonds. The van der Waals surface area contributed by atoms with Crippen LogP contribution >= 0.6 is 9.90 Å². The van der Waals surface area contributed by atoms with Crippen molar-refractivity contribution < 1.29 is 14.3 Å².